The van der Waals surface area contributed by atoms with Crippen molar-refractivity contribution in [1.29, 1.82) is 0 Å². The van der Waals surface area contributed by atoms with Gasteiger partial charge in [0, 0.05) is 11.4 Å². The first kappa shape index (κ1) is 16.6. The standard InChI is InChI=1S/C14H26N2O2S/c1-16(2)8-4-3-7-15-10-13(17)11-18-12-14-6-5-9-19-14/h5-6,9,13,15,17H,3-4,7-8,10-12H2,1-2H3. The Kier molecular flexibility index (Phi) is 9.03. The summed E-state index contributed by atoms with van der Waals surface area (Å²) in [5.41, 5.74) is 0. The Hall–Kier alpha value is -0.460. The van der Waals surface area contributed by atoms with E-state index < -0.39 is 6.10 Å². The molecule has 19 heavy (non-hydrogen) atoms. The van der Waals surface area contributed by atoms with Crippen LogP contribution in [0.15, 0.2) is 17.5 Å². The average Bonchev–Trinajstić information content (AvgIpc) is 2.86. The molecule has 2 N–H and O–H groups in total. The molecular formula is C14H26N2O2S. The Balaban J connectivity index is 1.89. The minimum absolute atomic E-state index is 0.391. The molecule has 0 bridgehead atoms. The van der Waals surface area contributed by atoms with E-state index in [0.29, 0.717) is 19.8 Å². The van der Waals surface area contributed by atoms with E-state index in [9.17, 15) is 5.11 Å². The van der Waals surface area contributed by atoms with Crippen molar-refractivity contribution in [2.75, 3.05) is 40.3 Å². The van der Waals surface area contributed by atoms with Gasteiger partial charge in [0.1, 0.15) is 0 Å². The average molecular weight is 286 g/mol. The zero-order chi connectivity index (χ0) is 13.9. The predicted octanol–water partition coefficient (Wildman–Crippen LogP) is 1.56. The van der Waals surface area contributed by atoms with Gasteiger partial charge in [-0.2, -0.15) is 0 Å². The van der Waals surface area contributed by atoms with Crippen LogP contribution in [0, 0.1) is 0 Å². The number of rotatable bonds is 11. The highest BCUT2D eigenvalue weighted by atomic mass is 32.1. The third-order valence-corrected chi connectivity index (χ3v) is 3.57. The van der Waals surface area contributed by atoms with Gasteiger partial charge in [0.05, 0.1) is 19.3 Å². The van der Waals surface area contributed by atoms with Crippen LogP contribution in [0.4, 0.5) is 0 Å². The summed E-state index contributed by atoms with van der Waals surface area (Å²) in [6.07, 6.45) is 1.90. The summed E-state index contributed by atoms with van der Waals surface area (Å²) in [5, 5.41) is 15.0. The molecule has 0 aliphatic rings. The van der Waals surface area contributed by atoms with Crippen LogP contribution in [0.3, 0.4) is 0 Å². The molecule has 0 radical (unpaired) electrons. The number of hydrogen-bond acceptors (Lipinski definition) is 5. The number of nitrogens with one attached hydrogen (secondary N) is 1. The van der Waals surface area contributed by atoms with Gasteiger partial charge >= 0.3 is 0 Å². The predicted molar refractivity (Wildman–Crippen MR) is 80.6 cm³/mol. The van der Waals surface area contributed by atoms with Crippen molar-refractivity contribution in [3.63, 3.8) is 0 Å². The molecule has 0 fully saturated rings. The van der Waals surface area contributed by atoms with Crippen molar-refractivity contribution >= 4 is 11.3 Å². The number of aliphatic hydroxyl groups is 1. The molecule has 1 aromatic rings. The highest BCUT2D eigenvalue weighted by Gasteiger charge is 2.04. The monoisotopic (exact) mass is 286 g/mol. The molecule has 0 saturated heterocycles. The van der Waals surface area contributed by atoms with E-state index in [4.69, 9.17) is 4.74 Å². The maximum Gasteiger partial charge on any atom is 0.0897 e. The number of nitrogens with zero attached hydrogens (tertiary/aromatic N) is 1. The van der Waals surface area contributed by atoms with E-state index >= 15 is 0 Å². The van der Waals surface area contributed by atoms with E-state index in [1.165, 1.54) is 11.3 Å². The summed E-state index contributed by atoms with van der Waals surface area (Å²) in [5.74, 6) is 0. The zero-order valence-corrected chi connectivity index (χ0v) is 12.8. The SMILES string of the molecule is CN(C)CCCCNCC(O)COCc1cccs1. The zero-order valence-electron chi connectivity index (χ0n) is 12.0. The first-order valence-electron chi connectivity index (χ1n) is 6.82. The van der Waals surface area contributed by atoms with Crippen LogP contribution >= 0.6 is 11.3 Å². The van der Waals surface area contributed by atoms with Crippen molar-refractivity contribution in [3.8, 4) is 0 Å². The molecule has 1 aromatic heterocycles. The fraction of sp³-hybridized carbons (Fsp3) is 0.714. The van der Waals surface area contributed by atoms with Crippen LogP contribution < -0.4 is 5.32 Å². The van der Waals surface area contributed by atoms with Gasteiger partial charge in [-0.15, -0.1) is 11.3 Å². The summed E-state index contributed by atoms with van der Waals surface area (Å²) in [4.78, 5) is 3.39. The lowest BCUT2D eigenvalue weighted by molar-refractivity contribution is 0.0299. The Morgan fingerprint density at radius 1 is 1.42 bits per heavy atom. The van der Waals surface area contributed by atoms with Crippen molar-refractivity contribution in [3.05, 3.63) is 22.4 Å². The lowest BCUT2D eigenvalue weighted by Crippen LogP contribution is -2.31. The summed E-state index contributed by atoms with van der Waals surface area (Å²) in [6, 6.07) is 4.05. The molecule has 0 amide bonds. The molecule has 1 atom stereocenters. The molecule has 0 spiro atoms. The van der Waals surface area contributed by atoms with E-state index in [2.05, 4.69) is 24.3 Å². The van der Waals surface area contributed by atoms with Crippen molar-refractivity contribution in [1.82, 2.24) is 10.2 Å². The van der Waals surface area contributed by atoms with Crippen molar-refractivity contribution < 1.29 is 9.84 Å². The van der Waals surface area contributed by atoms with Gasteiger partial charge < -0.3 is 20.1 Å². The second-order valence-electron chi connectivity index (χ2n) is 4.96. The highest BCUT2D eigenvalue weighted by Crippen LogP contribution is 2.09. The molecule has 110 valence electrons. The van der Waals surface area contributed by atoms with Gasteiger partial charge in [0.15, 0.2) is 0 Å². The van der Waals surface area contributed by atoms with Crippen LogP contribution in [-0.4, -0.2) is 56.4 Å². The summed E-state index contributed by atoms with van der Waals surface area (Å²) in [6.45, 7) is 3.66. The molecule has 1 heterocycles. The molecule has 1 unspecified atom stereocenters. The third-order valence-electron chi connectivity index (χ3n) is 2.72. The largest absolute Gasteiger partial charge is 0.389 e. The topological polar surface area (TPSA) is 44.7 Å². The number of hydrogen-bond donors (Lipinski definition) is 2. The van der Waals surface area contributed by atoms with Crippen LogP contribution in [0.2, 0.25) is 0 Å². The Morgan fingerprint density at radius 3 is 2.95 bits per heavy atom. The van der Waals surface area contributed by atoms with E-state index in [0.717, 1.165) is 19.5 Å². The summed E-state index contributed by atoms with van der Waals surface area (Å²) in [7, 11) is 4.17. The van der Waals surface area contributed by atoms with E-state index in [1.807, 2.05) is 17.5 Å². The van der Waals surface area contributed by atoms with Crippen molar-refractivity contribution in [2.24, 2.45) is 0 Å². The second kappa shape index (κ2) is 10.3. The van der Waals surface area contributed by atoms with E-state index in [1.54, 1.807) is 11.3 Å². The first-order valence-corrected chi connectivity index (χ1v) is 7.70. The Morgan fingerprint density at radius 2 is 2.26 bits per heavy atom. The van der Waals surface area contributed by atoms with Gasteiger partial charge in [-0.05, 0) is 51.5 Å². The molecular weight excluding hydrogens is 260 g/mol. The molecule has 4 nitrogen and oxygen atoms in total. The Labute approximate surface area is 120 Å². The quantitative estimate of drug-likeness (QED) is 0.606. The van der Waals surface area contributed by atoms with Crippen LogP contribution in [0.5, 0.6) is 0 Å². The van der Waals surface area contributed by atoms with Gasteiger partial charge in [-0.1, -0.05) is 6.07 Å². The highest BCUT2D eigenvalue weighted by molar-refractivity contribution is 7.09. The minimum atomic E-state index is -0.422. The maximum atomic E-state index is 9.73. The molecule has 0 aromatic carbocycles. The maximum absolute atomic E-state index is 9.73. The van der Waals surface area contributed by atoms with Gasteiger partial charge in [-0.3, -0.25) is 0 Å². The fourth-order valence-corrected chi connectivity index (χ4v) is 2.34. The minimum Gasteiger partial charge on any atom is -0.389 e. The van der Waals surface area contributed by atoms with Crippen LogP contribution in [-0.2, 0) is 11.3 Å². The van der Waals surface area contributed by atoms with Gasteiger partial charge in [0.25, 0.3) is 0 Å². The van der Waals surface area contributed by atoms with Crippen molar-refractivity contribution in [2.45, 2.75) is 25.6 Å². The van der Waals surface area contributed by atoms with Crippen LogP contribution in [0.1, 0.15) is 17.7 Å². The normalized spacial score (nSPS) is 13.1. The molecule has 0 saturated carbocycles. The number of ether oxygens (including phenoxy) is 1. The number of aliphatic hydroxyl groups excluding tert-OH is 1. The van der Waals surface area contributed by atoms with E-state index in [-0.39, 0.29) is 0 Å². The first-order chi connectivity index (χ1) is 9.18. The number of unbranched alkanes of at least 4 members (excludes halogenated alkanes) is 1. The molecule has 0 aliphatic heterocycles. The lowest BCUT2D eigenvalue weighted by atomic mass is 10.3. The second-order valence-corrected chi connectivity index (χ2v) is 6.00. The smallest absolute Gasteiger partial charge is 0.0897 e. The molecule has 0 aliphatic carbocycles. The lowest BCUT2D eigenvalue weighted by Gasteiger charge is -2.13. The summed E-state index contributed by atoms with van der Waals surface area (Å²) < 4.78 is 5.46. The van der Waals surface area contributed by atoms with Gasteiger partial charge in [0.2, 0.25) is 0 Å². The molecule has 1 rings (SSSR count). The summed E-state index contributed by atoms with van der Waals surface area (Å²) >= 11 is 1.68. The van der Waals surface area contributed by atoms with Gasteiger partial charge in [-0.25, -0.2) is 0 Å². The molecule has 5 heteroatoms. The fourth-order valence-electron chi connectivity index (χ4n) is 1.70. The Bertz CT molecular complexity index is 304. The van der Waals surface area contributed by atoms with Crippen LogP contribution in [0.25, 0.3) is 0 Å². The number of thiophene rings is 1. The third kappa shape index (κ3) is 9.13.